The van der Waals surface area contributed by atoms with Crippen LogP contribution in [0.3, 0.4) is 0 Å². The molecule has 0 spiro atoms. The quantitative estimate of drug-likeness (QED) is 0.859. The van der Waals surface area contributed by atoms with Crippen LogP contribution in [0.5, 0.6) is 0 Å². The Balaban J connectivity index is 1.48. The Hall–Kier alpha value is -2.37. The molecule has 6 heteroatoms. The normalized spacial score (nSPS) is 23.9. The van der Waals surface area contributed by atoms with E-state index in [0.717, 1.165) is 62.6 Å². The van der Waals surface area contributed by atoms with Crippen molar-refractivity contribution in [2.24, 2.45) is 5.92 Å². The minimum absolute atomic E-state index is 0.0318. The molecule has 2 saturated heterocycles. The molecule has 0 bridgehead atoms. The van der Waals surface area contributed by atoms with E-state index >= 15 is 0 Å². The molecule has 2 atom stereocenters. The topological polar surface area (TPSA) is 62.5 Å². The second-order valence-corrected chi connectivity index (χ2v) is 7.03. The summed E-state index contributed by atoms with van der Waals surface area (Å²) >= 11 is 0. The van der Waals surface area contributed by atoms with E-state index in [4.69, 9.17) is 4.52 Å². The van der Waals surface area contributed by atoms with E-state index in [1.807, 2.05) is 42.3 Å². The average Bonchev–Trinajstić information content (AvgIpc) is 3.30. The van der Waals surface area contributed by atoms with Gasteiger partial charge in [-0.05, 0) is 44.7 Å². The first-order chi connectivity index (χ1) is 12.2. The van der Waals surface area contributed by atoms with Gasteiger partial charge in [0.15, 0.2) is 0 Å². The molecule has 0 radical (unpaired) electrons. The minimum atomic E-state index is 0.0318. The Bertz CT molecular complexity index is 730. The fourth-order valence-electron chi connectivity index (χ4n) is 4.04. The molecule has 1 amide bonds. The Morgan fingerprint density at radius 2 is 2.12 bits per heavy atom. The van der Waals surface area contributed by atoms with Crippen LogP contribution in [0.25, 0.3) is 0 Å². The summed E-state index contributed by atoms with van der Waals surface area (Å²) in [4.78, 5) is 21.9. The maximum atomic E-state index is 13.2. The minimum Gasteiger partial charge on any atom is -0.361 e. The molecule has 0 N–H and O–H groups in total. The molecule has 2 aliphatic heterocycles. The molecule has 0 aliphatic carbocycles. The van der Waals surface area contributed by atoms with Gasteiger partial charge in [-0.15, -0.1) is 0 Å². The number of carbonyl (C=O) groups excluding carboxylic acids is 1. The molecular weight excluding hydrogens is 316 g/mol. The molecule has 4 heterocycles. The van der Waals surface area contributed by atoms with Crippen molar-refractivity contribution < 1.29 is 9.32 Å². The van der Waals surface area contributed by atoms with Crippen LogP contribution < -0.4 is 4.90 Å². The fraction of sp³-hybridized carbons (Fsp3) is 0.526. The molecule has 2 aromatic rings. The van der Waals surface area contributed by atoms with Crippen molar-refractivity contribution in [1.82, 2.24) is 15.0 Å². The predicted octanol–water partition coefficient (Wildman–Crippen LogP) is 2.96. The van der Waals surface area contributed by atoms with E-state index in [9.17, 15) is 4.79 Å². The number of amides is 1. The lowest BCUT2D eigenvalue weighted by Gasteiger charge is -2.35. The van der Waals surface area contributed by atoms with Crippen molar-refractivity contribution in [2.75, 3.05) is 24.5 Å². The summed E-state index contributed by atoms with van der Waals surface area (Å²) < 4.78 is 5.22. The first-order valence-corrected chi connectivity index (χ1v) is 9.12. The predicted molar refractivity (Wildman–Crippen MR) is 94.1 cm³/mol. The van der Waals surface area contributed by atoms with Gasteiger partial charge in [-0.2, -0.15) is 0 Å². The number of likely N-dealkylation sites (tertiary alicyclic amines) is 1. The first-order valence-electron chi connectivity index (χ1n) is 9.12. The number of nitrogens with zero attached hydrogens (tertiary/aromatic N) is 4. The van der Waals surface area contributed by atoms with E-state index in [0.29, 0.717) is 0 Å². The van der Waals surface area contributed by atoms with Crippen LogP contribution in [-0.4, -0.2) is 40.6 Å². The number of anilines is 1. The van der Waals surface area contributed by atoms with Crippen LogP contribution in [0, 0.1) is 12.8 Å². The summed E-state index contributed by atoms with van der Waals surface area (Å²) in [7, 11) is 0. The van der Waals surface area contributed by atoms with Gasteiger partial charge < -0.3 is 14.3 Å². The van der Waals surface area contributed by atoms with Crippen LogP contribution in [-0.2, 0) is 4.79 Å². The van der Waals surface area contributed by atoms with Crippen molar-refractivity contribution in [1.29, 1.82) is 0 Å². The SMILES string of the molecule is Cc1cc([C@H]2CCCN2C(=O)[C@@H]2CCCN(c3ccccn3)C2)no1. The number of aromatic nitrogens is 2. The highest BCUT2D eigenvalue weighted by atomic mass is 16.5. The van der Waals surface area contributed by atoms with Crippen molar-refractivity contribution >= 4 is 11.7 Å². The molecule has 4 rings (SSSR count). The Morgan fingerprint density at radius 1 is 1.24 bits per heavy atom. The van der Waals surface area contributed by atoms with Crippen molar-refractivity contribution in [3.8, 4) is 0 Å². The first kappa shape index (κ1) is 16.1. The summed E-state index contributed by atoms with van der Waals surface area (Å²) in [6.45, 7) is 4.42. The molecular formula is C19H24N4O2. The number of pyridine rings is 1. The van der Waals surface area contributed by atoms with E-state index < -0.39 is 0 Å². The standard InChI is InChI=1S/C19H24N4O2/c1-14-12-16(21-25-14)17-7-5-11-23(17)19(24)15-6-4-10-22(13-15)18-8-2-3-9-20-18/h2-3,8-9,12,15,17H,4-7,10-11,13H2,1H3/t15-,17-/m1/s1. The lowest BCUT2D eigenvalue weighted by Crippen LogP contribution is -2.45. The lowest BCUT2D eigenvalue weighted by atomic mass is 9.96. The van der Waals surface area contributed by atoms with Crippen molar-refractivity contribution in [2.45, 2.75) is 38.6 Å². The van der Waals surface area contributed by atoms with Gasteiger partial charge in [0.25, 0.3) is 0 Å². The number of hydrogen-bond donors (Lipinski definition) is 0. The van der Waals surface area contributed by atoms with E-state index in [1.54, 1.807) is 0 Å². The molecule has 2 aliphatic rings. The largest absolute Gasteiger partial charge is 0.361 e. The molecule has 132 valence electrons. The molecule has 0 unspecified atom stereocenters. The van der Waals surface area contributed by atoms with Crippen molar-refractivity contribution in [3.05, 3.63) is 41.9 Å². The van der Waals surface area contributed by atoms with Crippen LogP contribution >= 0.6 is 0 Å². The molecule has 2 aromatic heterocycles. The van der Waals surface area contributed by atoms with Gasteiger partial charge in [-0.1, -0.05) is 11.2 Å². The van der Waals surface area contributed by atoms with Gasteiger partial charge in [0.05, 0.1) is 12.0 Å². The third-order valence-electron chi connectivity index (χ3n) is 5.27. The van der Waals surface area contributed by atoms with Gasteiger partial charge in [0.2, 0.25) is 5.91 Å². The maximum Gasteiger partial charge on any atom is 0.228 e. The Morgan fingerprint density at radius 3 is 2.88 bits per heavy atom. The number of piperidine rings is 1. The highest BCUT2D eigenvalue weighted by Crippen LogP contribution is 2.34. The second-order valence-electron chi connectivity index (χ2n) is 7.03. The van der Waals surface area contributed by atoms with Crippen LogP contribution in [0.4, 0.5) is 5.82 Å². The summed E-state index contributed by atoms with van der Waals surface area (Å²) in [5.74, 6) is 2.05. The fourth-order valence-corrected chi connectivity index (χ4v) is 4.04. The Labute approximate surface area is 147 Å². The zero-order valence-corrected chi connectivity index (χ0v) is 14.6. The van der Waals surface area contributed by atoms with Gasteiger partial charge >= 0.3 is 0 Å². The summed E-state index contributed by atoms with van der Waals surface area (Å²) in [6, 6.07) is 7.96. The molecule has 0 aromatic carbocycles. The molecule has 25 heavy (non-hydrogen) atoms. The molecule has 6 nitrogen and oxygen atoms in total. The summed E-state index contributed by atoms with van der Waals surface area (Å²) in [5, 5.41) is 4.15. The Kier molecular flexibility index (Phi) is 4.42. The van der Waals surface area contributed by atoms with E-state index in [2.05, 4.69) is 15.0 Å². The third-order valence-corrected chi connectivity index (χ3v) is 5.27. The monoisotopic (exact) mass is 340 g/mol. The van der Waals surface area contributed by atoms with Crippen molar-refractivity contribution in [3.63, 3.8) is 0 Å². The summed E-state index contributed by atoms with van der Waals surface area (Å²) in [6.07, 6.45) is 5.77. The average molecular weight is 340 g/mol. The zero-order chi connectivity index (χ0) is 17.2. The smallest absolute Gasteiger partial charge is 0.228 e. The number of carbonyl (C=O) groups is 1. The molecule has 0 saturated carbocycles. The highest BCUT2D eigenvalue weighted by Gasteiger charge is 2.37. The van der Waals surface area contributed by atoms with Gasteiger partial charge in [-0.25, -0.2) is 4.98 Å². The second kappa shape index (κ2) is 6.86. The zero-order valence-electron chi connectivity index (χ0n) is 14.6. The highest BCUT2D eigenvalue weighted by molar-refractivity contribution is 5.80. The third kappa shape index (κ3) is 3.25. The van der Waals surface area contributed by atoms with Gasteiger partial charge in [-0.3, -0.25) is 4.79 Å². The number of rotatable bonds is 3. The van der Waals surface area contributed by atoms with Gasteiger partial charge in [0.1, 0.15) is 17.3 Å². The number of aryl methyl sites for hydroxylation is 1. The summed E-state index contributed by atoms with van der Waals surface area (Å²) in [5.41, 5.74) is 0.890. The van der Waals surface area contributed by atoms with Crippen LogP contribution in [0.1, 0.15) is 43.2 Å². The number of hydrogen-bond acceptors (Lipinski definition) is 5. The van der Waals surface area contributed by atoms with Crippen LogP contribution in [0.2, 0.25) is 0 Å². The molecule has 2 fully saturated rings. The van der Waals surface area contributed by atoms with Crippen LogP contribution in [0.15, 0.2) is 35.0 Å². The van der Waals surface area contributed by atoms with E-state index in [1.165, 1.54) is 0 Å². The van der Waals surface area contributed by atoms with E-state index in [-0.39, 0.29) is 17.9 Å². The lowest BCUT2D eigenvalue weighted by molar-refractivity contribution is -0.136. The van der Waals surface area contributed by atoms with Gasteiger partial charge in [0, 0.05) is 31.9 Å². The maximum absolute atomic E-state index is 13.2.